The highest BCUT2D eigenvalue weighted by Gasteiger charge is 2.07. The first-order valence-electron chi connectivity index (χ1n) is 4.58. The lowest BCUT2D eigenvalue weighted by Crippen LogP contribution is -2.10. The second-order valence-corrected chi connectivity index (χ2v) is 4.83. The molecular formula is C9H13N3O3S. The van der Waals surface area contributed by atoms with Crippen molar-refractivity contribution >= 4 is 27.9 Å². The largest absolute Gasteiger partial charge is 0.398 e. The van der Waals surface area contributed by atoms with Crippen molar-refractivity contribution in [3.05, 3.63) is 28.3 Å². The molecule has 7 heteroatoms. The molecule has 0 saturated heterocycles. The molecule has 0 radical (unpaired) electrons. The molecule has 1 aromatic rings. The normalized spacial score (nSPS) is 12.1. The number of nitro groups is 1. The smallest absolute Gasteiger partial charge is 0.273 e. The van der Waals surface area contributed by atoms with Crippen LogP contribution in [-0.2, 0) is 10.8 Å². The summed E-state index contributed by atoms with van der Waals surface area (Å²) in [7, 11) is -0.886. The molecule has 0 aliphatic carbocycles. The molecule has 1 atom stereocenters. The maximum Gasteiger partial charge on any atom is 0.273 e. The van der Waals surface area contributed by atoms with E-state index in [1.807, 2.05) is 0 Å². The van der Waals surface area contributed by atoms with E-state index in [1.165, 1.54) is 12.1 Å². The fourth-order valence-corrected chi connectivity index (χ4v) is 1.57. The van der Waals surface area contributed by atoms with E-state index in [2.05, 4.69) is 5.32 Å². The van der Waals surface area contributed by atoms with E-state index < -0.39 is 15.7 Å². The van der Waals surface area contributed by atoms with E-state index in [0.717, 1.165) is 0 Å². The van der Waals surface area contributed by atoms with Gasteiger partial charge >= 0.3 is 0 Å². The Labute approximate surface area is 95.4 Å². The van der Waals surface area contributed by atoms with Crippen LogP contribution in [0.25, 0.3) is 0 Å². The van der Waals surface area contributed by atoms with Gasteiger partial charge in [0.2, 0.25) is 0 Å². The van der Waals surface area contributed by atoms with Gasteiger partial charge in [0.15, 0.2) is 0 Å². The lowest BCUT2D eigenvalue weighted by Gasteiger charge is -2.05. The number of nitrogen functional groups attached to an aromatic ring is 1. The summed E-state index contributed by atoms with van der Waals surface area (Å²) in [6, 6.07) is 4.30. The fraction of sp³-hybridized carbons (Fsp3) is 0.333. The van der Waals surface area contributed by atoms with Gasteiger partial charge in [-0.05, 0) is 6.07 Å². The zero-order chi connectivity index (χ0) is 12.1. The number of nitrogens with zero attached hydrogens (tertiary/aromatic N) is 1. The third-order valence-corrected chi connectivity index (χ3v) is 2.65. The van der Waals surface area contributed by atoms with E-state index in [1.54, 1.807) is 12.3 Å². The van der Waals surface area contributed by atoms with Gasteiger partial charge in [0.25, 0.3) is 5.69 Å². The lowest BCUT2D eigenvalue weighted by molar-refractivity contribution is -0.384. The van der Waals surface area contributed by atoms with Gasteiger partial charge in [0.1, 0.15) is 0 Å². The summed E-state index contributed by atoms with van der Waals surface area (Å²) in [4.78, 5) is 10.1. The molecule has 6 nitrogen and oxygen atoms in total. The molecule has 0 aliphatic rings. The number of nitro benzene ring substituents is 1. The van der Waals surface area contributed by atoms with E-state index in [9.17, 15) is 14.3 Å². The molecule has 1 rings (SSSR count). The molecule has 0 bridgehead atoms. The number of rotatable bonds is 5. The molecule has 0 fully saturated rings. The Kier molecular flexibility index (Phi) is 4.24. The Hall–Kier alpha value is -1.63. The van der Waals surface area contributed by atoms with Crippen molar-refractivity contribution in [3.8, 4) is 0 Å². The monoisotopic (exact) mass is 243 g/mol. The second-order valence-electron chi connectivity index (χ2n) is 3.27. The summed E-state index contributed by atoms with van der Waals surface area (Å²) in [6.07, 6.45) is 1.60. The SMILES string of the molecule is CS(=O)CCNc1cc(N)cc([N+](=O)[O-])c1. The zero-order valence-corrected chi connectivity index (χ0v) is 9.62. The van der Waals surface area contributed by atoms with E-state index in [-0.39, 0.29) is 5.69 Å². The molecule has 1 aromatic carbocycles. The van der Waals surface area contributed by atoms with Crippen molar-refractivity contribution in [2.75, 3.05) is 29.6 Å². The first kappa shape index (κ1) is 12.4. The molecule has 16 heavy (non-hydrogen) atoms. The van der Waals surface area contributed by atoms with Gasteiger partial charge in [-0.3, -0.25) is 14.3 Å². The summed E-state index contributed by atoms with van der Waals surface area (Å²) < 4.78 is 10.8. The van der Waals surface area contributed by atoms with E-state index >= 15 is 0 Å². The first-order valence-corrected chi connectivity index (χ1v) is 6.30. The summed E-state index contributed by atoms with van der Waals surface area (Å²) in [5, 5.41) is 13.5. The highest BCUT2D eigenvalue weighted by atomic mass is 32.2. The average molecular weight is 243 g/mol. The van der Waals surface area contributed by atoms with Crippen molar-refractivity contribution in [3.63, 3.8) is 0 Å². The van der Waals surface area contributed by atoms with Crippen LogP contribution in [0.5, 0.6) is 0 Å². The Morgan fingerprint density at radius 2 is 2.19 bits per heavy atom. The van der Waals surface area contributed by atoms with Crippen molar-refractivity contribution in [2.45, 2.75) is 0 Å². The highest BCUT2D eigenvalue weighted by molar-refractivity contribution is 7.84. The van der Waals surface area contributed by atoms with Crippen LogP contribution >= 0.6 is 0 Å². The van der Waals surface area contributed by atoms with Gasteiger partial charge in [-0.25, -0.2) is 0 Å². The van der Waals surface area contributed by atoms with Crippen LogP contribution in [0.1, 0.15) is 0 Å². The third-order valence-electron chi connectivity index (χ3n) is 1.87. The number of nitrogens with one attached hydrogen (secondary N) is 1. The molecule has 3 N–H and O–H groups in total. The minimum atomic E-state index is -0.886. The van der Waals surface area contributed by atoms with Gasteiger partial charge in [0, 0.05) is 52.9 Å². The second kappa shape index (κ2) is 5.45. The van der Waals surface area contributed by atoms with E-state index in [0.29, 0.717) is 23.7 Å². The number of non-ortho nitro benzene ring substituents is 1. The molecule has 88 valence electrons. The predicted molar refractivity (Wildman–Crippen MR) is 64.9 cm³/mol. The Bertz CT molecular complexity index is 422. The molecule has 0 aromatic heterocycles. The molecule has 0 spiro atoms. The van der Waals surface area contributed by atoms with Crippen LogP contribution < -0.4 is 11.1 Å². The van der Waals surface area contributed by atoms with Crippen molar-refractivity contribution in [1.82, 2.24) is 0 Å². The predicted octanol–water partition coefficient (Wildman–Crippen LogP) is 0.967. The third kappa shape index (κ3) is 3.85. The molecule has 0 heterocycles. The molecule has 0 amide bonds. The molecule has 0 aliphatic heterocycles. The fourth-order valence-electron chi connectivity index (χ4n) is 1.18. The summed E-state index contributed by atoms with van der Waals surface area (Å²) in [5.41, 5.74) is 6.36. The maximum absolute atomic E-state index is 10.8. The molecule has 1 unspecified atom stereocenters. The number of hydrogen-bond donors (Lipinski definition) is 2. The average Bonchev–Trinajstić information content (AvgIpc) is 2.16. The van der Waals surface area contributed by atoms with E-state index in [4.69, 9.17) is 5.73 Å². The van der Waals surface area contributed by atoms with Crippen LogP contribution in [-0.4, -0.2) is 27.7 Å². The highest BCUT2D eigenvalue weighted by Crippen LogP contribution is 2.21. The van der Waals surface area contributed by atoms with Crippen LogP contribution in [0.15, 0.2) is 18.2 Å². The van der Waals surface area contributed by atoms with Gasteiger partial charge in [-0.2, -0.15) is 0 Å². The Morgan fingerprint density at radius 1 is 1.50 bits per heavy atom. The number of nitrogens with two attached hydrogens (primary N) is 1. The van der Waals surface area contributed by atoms with Crippen LogP contribution in [0, 0.1) is 10.1 Å². The topological polar surface area (TPSA) is 98.3 Å². The quantitative estimate of drug-likeness (QED) is 0.456. The maximum atomic E-state index is 10.8. The van der Waals surface area contributed by atoms with Gasteiger partial charge in [-0.1, -0.05) is 0 Å². The number of anilines is 2. The van der Waals surface area contributed by atoms with Crippen LogP contribution in [0.4, 0.5) is 17.1 Å². The van der Waals surface area contributed by atoms with Crippen molar-refractivity contribution in [1.29, 1.82) is 0 Å². The van der Waals surface area contributed by atoms with Crippen molar-refractivity contribution in [2.24, 2.45) is 0 Å². The minimum absolute atomic E-state index is 0.0554. The molecular weight excluding hydrogens is 230 g/mol. The van der Waals surface area contributed by atoms with Crippen LogP contribution in [0.2, 0.25) is 0 Å². The van der Waals surface area contributed by atoms with Crippen LogP contribution in [0.3, 0.4) is 0 Å². The summed E-state index contributed by atoms with van der Waals surface area (Å²) >= 11 is 0. The zero-order valence-electron chi connectivity index (χ0n) is 8.80. The standard InChI is InChI=1S/C9H13N3O3S/c1-16(15)3-2-11-8-4-7(10)5-9(6-8)12(13)14/h4-6,11H,2-3,10H2,1H3. The number of benzene rings is 1. The summed E-state index contributed by atoms with van der Waals surface area (Å²) in [5.74, 6) is 0.489. The molecule has 0 saturated carbocycles. The summed E-state index contributed by atoms with van der Waals surface area (Å²) in [6.45, 7) is 0.490. The number of hydrogen-bond acceptors (Lipinski definition) is 5. The van der Waals surface area contributed by atoms with Gasteiger partial charge in [0.05, 0.1) is 4.92 Å². The van der Waals surface area contributed by atoms with Gasteiger partial charge < -0.3 is 11.1 Å². The Morgan fingerprint density at radius 3 is 2.75 bits per heavy atom. The Balaban J connectivity index is 2.72. The van der Waals surface area contributed by atoms with Crippen molar-refractivity contribution < 1.29 is 9.13 Å². The minimum Gasteiger partial charge on any atom is -0.398 e. The van der Waals surface area contributed by atoms with Gasteiger partial charge in [-0.15, -0.1) is 0 Å². The lowest BCUT2D eigenvalue weighted by atomic mass is 10.2. The first-order chi connectivity index (χ1) is 7.49.